The minimum atomic E-state index is -1.17. The van der Waals surface area contributed by atoms with E-state index in [2.05, 4.69) is 12.1 Å². The fraction of sp³-hybridized carbons (Fsp3) is 0.647. The summed E-state index contributed by atoms with van der Waals surface area (Å²) in [5.41, 5.74) is 7.72. The van der Waals surface area contributed by atoms with Gasteiger partial charge in [-0.05, 0) is 68.0 Å². The third-order valence-electron chi connectivity index (χ3n) is 4.97. The average Bonchev–Trinajstić information content (AvgIpc) is 2.52. The van der Waals surface area contributed by atoms with Gasteiger partial charge in [-0.3, -0.25) is 0 Å². The van der Waals surface area contributed by atoms with Crippen LogP contribution in [0.3, 0.4) is 0 Å². The number of benzene rings is 1. The van der Waals surface area contributed by atoms with E-state index in [1.807, 2.05) is 12.1 Å². The van der Waals surface area contributed by atoms with Crippen LogP contribution in [0.4, 0.5) is 0 Å². The summed E-state index contributed by atoms with van der Waals surface area (Å²) in [6, 6.07) is 8.50. The van der Waals surface area contributed by atoms with Gasteiger partial charge in [-0.15, -0.1) is 0 Å². The lowest BCUT2D eigenvalue weighted by atomic mass is 9.75. The molecule has 0 radical (unpaired) electrons. The molecule has 1 aromatic rings. The summed E-state index contributed by atoms with van der Waals surface area (Å²) in [6.07, 6.45) is 8.05. The summed E-state index contributed by atoms with van der Waals surface area (Å²) in [5, 5.41) is 18.5. The Bertz CT molecular complexity index is 433. The quantitative estimate of drug-likeness (QED) is 0.531. The molecule has 0 saturated heterocycles. The maximum atomic E-state index is 8.84. The van der Waals surface area contributed by atoms with Gasteiger partial charge in [0.05, 0.1) is 0 Å². The van der Waals surface area contributed by atoms with Crippen molar-refractivity contribution in [2.24, 2.45) is 11.7 Å². The molecule has 3 nitrogen and oxygen atoms in total. The lowest BCUT2D eigenvalue weighted by molar-refractivity contribution is 0.270. The van der Waals surface area contributed by atoms with Crippen molar-refractivity contribution >= 4 is 18.7 Å². The molecular weight excluding hydrogens is 296 g/mol. The molecule has 1 aliphatic rings. The van der Waals surface area contributed by atoms with E-state index in [1.54, 1.807) is 0 Å². The average molecular weight is 324 g/mol. The third kappa shape index (κ3) is 5.58. The monoisotopic (exact) mass is 323 g/mol. The van der Waals surface area contributed by atoms with E-state index < -0.39 is 7.12 Å². The molecule has 0 heterocycles. The van der Waals surface area contributed by atoms with Crippen LogP contribution in [-0.4, -0.2) is 23.2 Å². The first-order valence-corrected chi connectivity index (χ1v) is 8.81. The van der Waals surface area contributed by atoms with Crippen molar-refractivity contribution in [2.45, 2.75) is 63.2 Å². The number of nitrogens with two attached hydrogens (primary N) is 1. The fourth-order valence-electron chi connectivity index (χ4n) is 3.56. The molecule has 122 valence electrons. The summed E-state index contributed by atoms with van der Waals surface area (Å²) in [6.45, 7) is 0. The minimum Gasteiger partial charge on any atom is -0.427 e. The molecule has 4 N–H and O–H groups in total. The van der Waals surface area contributed by atoms with Crippen LogP contribution in [0.15, 0.2) is 24.3 Å². The second-order valence-electron chi connectivity index (χ2n) is 6.59. The number of unbranched alkanes of at least 4 members (excludes halogenated alkanes) is 1. The van der Waals surface area contributed by atoms with E-state index in [4.69, 9.17) is 27.4 Å². The Morgan fingerprint density at radius 1 is 1.09 bits per heavy atom. The molecule has 5 heteroatoms. The van der Waals surface area contributed by atoms with E-state index in [0.29, 0.717) is 18.2 Å². The summed E-state index contributed by atoms with van der Waals surface area (Å²) < 4.78 is 0. The normalized spacial score (nSPS) is 23.3. The zero-order valence-electron chi connectivity index (χ0n) is 13.1. The highest BCUT2D eigenvalue weighted by Crippen LogP contribution is 2.37. The third-order valence-corrected chi connectivity index (χ3v) is 5.22. The summed E-state index contributed by atoms with van der Waals surface area (Å²) in [5.74, 6) is 1.26. The van der Waals surface area contributed by atoms with Crippen LogP contribution in [0.2, 0.25) is 11.3 Å². The lowest BCUT2D eigenvalue weighted by Crippen LogP contribution is -2.32. The van der Waals surface area contributed by atoms with Crippen molar-refractivity contribution in [2.75, 3.05) is 0 Å². The van der Waals surface area contributed by atoms with Crippen LogP contribution in [0.1, 0.15) is 56.4 Å². The molecule has 0 spiro atoms. The second kappa shape index (κ2) is 8.92. The van der Waals surface area contributed by atoms with Crippen molar-refractivity contribution < 1.29 is 10.0 Å². The Labute approximate surface area is 139 Å². The van der Waals surface area contributed by atoms with Gasteiger partial charge in [0.25, 0.3) is 0 Å². The van der Waals surface area contributed by atoms with Crippen molar-refractivity contribution in [3.8, 4) is 0 Å². The molecule has 2 rings (SSSR count). The molecule has 1 atom stereocenters. The Morgan fingerprint density at radius 3 is 2.32 bits per heavy atom. The number of hydrogen-bond acceptors (Lipinski definition) is 3. The maximum absolute atomic E-state index is 8.84. The predicted molar refractivity (Wildman–Crippen MR) is 93.0 cm³/mol. The zero-order valence-corrected chi connectivity index (χ0v) is 13.9. The van der Waals surface area contributed by atoms with Crippen LogP contribution in [0.5, 0.6) is 0 Å². The fourth-order valence-corrected chi connectivity index (χ4v) is 3.68. The first-order chi connectivity index (χ1) is 10.6. The van der Waals surface area contributed by atoms with E-state index in [1.165, 1.54) is 31.2 Å². The van der Waals surface area contributed by atoms with E-state index in [0.717, 1.165) is 24.3 Å². The van der Waals surface area contributed by atoms with E-state index in [-0.39, 0.29) is 6.04 Å². The summed E-state index contributed by atoms with van der Waals surface area (Å²) >= 11 is 5.95. The summed E-state index contributed by atoms with van der Waals surface area (Å²) in [7, 11) is -1.17. The van der Waals surface area contributed by atoms with Crippen molar-refractivity contribution in [1.29, 1.82) is 0 Å². The van der Waals surface area contributed by atoms with Gasteiger partial charge in [0, 0.05) is 11.1 Å². The van der Waals surface area contributed by atoms with Gasteiger partial charge in [0.2, 0.25) is 0 Å². The Kier molecular flexibility index (Phi) is 7.22. The van der Waals surface area contributed by atoms with Gasteiger partial charge in [-0.25, -0.2) is 0 Å². The molecule has 0 aromatic heterocycles. The molecular formula is C17H27BClNO2. The smallest absolute Gasteiger partial charge is 0.427 e. The Morgan fingerprint density at radius 2 is 1.73 bits per heavy atom. The standard InChI is InChI=1S/C17H27BClNO2/c19-16-10-8-14(9-11-16)13-4-6-15(7-5-13)17(20)3-1-2-12-18(21)22/h8-11,13,15,17,21-22H,1-7,12,20H2. The van der Waals surface area contributed by atoms with Crippen LogP contribution in [0.25, 0.3) is 0 Å². The summed E-state index contributed by atoms with van der Waals surface area (Å²) in [4.78, 5) is 0. The van der Waals surface area contributed by atoms with Gasteiger partial charge < -0.3 is 15.8 Å². The highest BCUT2D eigenvalue weighted by Gasteiger charge is 2.26. The molecule has 1 unspecified atom stereocenters. The molecule has 22 heavy (non-hydrogen) atoms. The highest BCUT2D eigenvalue weighted by atomic mass is 35.5. The van der Waals surface area contributed by atoms with Crippen LogP contribution >= 0.6 is 11.6 Å². The topological polar surface area (TPSA) is 66.5 Å². The second-order valence-corrected chi connectivity index (χ2v) is 7.03. The highest BCUT2D eigenvalue weighted by molar-refractivity contribution is 6.40. The molecule has 1 aromatic carbocycles. The lowest BCUT2D eigenvalue weighted by Gasteiger charge is -2.32. The van der Waals surface area contributed by atoms with Crippen molar-refractivity contribution in [1.82, 2.24) is 0 Å². The van der Waals surface area contributed by atoms with Gasteiger partial charge in [-0.1, -0.05) is 36.6 Å². The largest absolute Gasteiger partial charge is 0.451 e. The van der Waals surface area contributed by atoms with Crippen LogP contribution in [-0.2, 0) is 0 Å². The first-order valence-electron chi connectivity index (χ1n) is 8.43. The van der Waals surface area contributed by atoms with Gasteiger partial charge in [0.1, 0.15) is 0 Å². The predicted octanol–water partition coefficient (Wildman–Crippen LogP) is 3.58. The van der Waals surface area contributed by atoms with E-state index >= 15 is 0 Å². The van der Waals surface area contributed by atoms with Crippen molar-refractivity contribution in [3.63, 3.8) is 0 Å². The van der Waals surface area contributed by atoms with Crippen molar-refractivity contribution in [3.05, 3.63) is 34.9 Å². The SMILES string of the molecule is NC(CCCCB(O)O)C1CCC(c2ccc(Cl)cc2)CC1. The Hall–Kier alpha value is -0.545. The van der Waals surface area contributed by atoms with Gasteiger partial charge in [-0.2, -0.15) is 0 Å². The number of hydrogen-bond donors (Lipinski definition) is 3. The molecule has 1 aliphatic carbocycles. The molecule has 1 saturated carbocycles. The van der Waals surface area contributed by atoms with Gasteiger partial charge in [0.15, 0.2) is 0 Å². The molecule has 0 bridgehead atoms. The maximum Gasteiger partial charge on any atom is 0.451 e. The zero-order chi connectivity index (χ0) is 15.9. The Balaban J connectivity index is 1.71. The molecule has 1 fully saturated rings. The first kappa shape index (κ1) is 17.8. The molecule has 0 aliphatic heterocycles. The number of halogens is 1. The van der Waals surface area contributed by atoms with E-state index in [9.17, 15) is 0 Å². The van der Waals surface area contributed by atoms with Crippen LogP contribution in [0, 0.1) is 5.92 Å². The number of rotatable bonds is 7. The minimum absolute atomic E-state index is 0.252. The van der Waals surface area contributed by atoms with Crippen LogP contribution < -0.4 is 5.73 Å². The van der Waals surface area contributed by atoms with Gasteiger partial charge >= 0.3 is 7.12 Å². The molecule has 0 amide bonds.